The molecule has 5 nitrogen and oxygen atoms in total. The van der Waals surface area contributed by atoms with Crippen LogP contribution in [0.25, 0.3) is 0 Å². The van der Waals surface area contributed by atoms with Gasteiger partial charge >= 0.3 is 0 Å². The van der Waals surface area contributed by atoms with E-state index in [1.54, 1.807) is 30.3 Å². The highest BCUT2D eigenvalue weighted by atomic mass is 32.2. The first kappa shape index (κ1) is 18.6. The normalized spacial score (nSPS) is 11.5. The summed E-state index contributed by atoms with van der Waals surface area (Å²) >= 11 is 1.18. The Hall–Kier alpha value is -1.77. The zero-order valence-electron chi connectivity index (χ0n) is 13.5. The summed E-state index contributed by atoms with van der Waals surface area (Å²) in [4.78, 5) is 14.0. The Balaban J connectivity index is 1.97. The summed E-state index contributed by atoms with van der Waals surface area (Å²) in [6.07, 6.45) is 0. The number of hydrogen-bond acceptors (Lipinski definition) is 4. The molecule has 0 radical (unpaired) electrons. The van der Waals surface area contributed by atoms with Gasteiger partial charge in [-0.2, -0.15) is 0 Å². The second kappa shape index (κ2) is 7.87. The van der Waals surface area contributed by atoms with Crippen molar-refractivity contribution in [2.45, 2.75) is 24.6 Å². The summed E-state index contributed by atoms with van der Waals surface area (Å²) in [5.74, 6) is -0.636. The smallest absolute Gasteiger partial charge is 0.250 e. The van der Waals surface area contributed by atoms with Gasteiger partial charge in [0.05, 0.1) is 0 Å². The topological polar surface area (TPSA) is 66.5 Å². The molecule has 0 aliphatic rings. The van der Waals surface area contributed by atoms with Crippen LogP contribution < -0.4 is 4.72 Å². The van der Waals surface area contributed by atoms with Gasteiger partial charge in [0.15, 0.2) is 0 Å². The lowest BCUT2D eigenvalue weighted by Crippen LogP contribution is -2.37. The van der Waals surface area contributed by atoms with Crippen molar-refractivity contribution < 1.29 is 17.6 Å². The summed E-state index contributed by atoms with van der Waals surface area (Å²) in [7, 11) is -3.59. The van der Waals surface area contributed by atoms with Gasteiger partial charge in [-0.3, -0.25) is 4.79 Å². The molecule has 0 aliphatic heterocycles. The van der Waals surface area contributed by atoms with E-state index in [1.165, 1.54) is 29.2 Å². The molecule has 8 heteroatoms. The Morgan fingerprint density at radius 3 is 2.54 bits per heavy atom. The minimum atomic E-state index is -3.59. The zero-order chi connectivity index (χ0) is 17.7. The predicted molar refractivity (Wildman–Crippen MR) is 91.7 cm³/mol. The molecule has 1 aromatic carbocycles. The molecular formula is C16H19FN2O3S2. The monoisotopic (exact) mass is 370 g/mol. The van der Waals surface area contributed by atoms with E-state index in [1.807, 2.05) is 6.92 Å². The van der Waals surface area contributed by atoms with Gasteiger partial charge in [0.25, 0.3) is 0 Å². The minimum Gasteiger partial charge on any atom is -0.337 e. The van der Waals surface area contributed by atoms with Gasteiger partial charge < -0.3 is 4.90 Å². The van der Waals surface area contributed by atoms with Crippen LogP contribution in [0.5, 0.6) is 0 Å². The fraction of sp³-hybridized carbons (Fsp3) is 0.312. The van der Waals surface area contributed by atoms with Crippen molar-refractivity contribution in [1.29, 1.82) is 0 Å². The number of carbonyl (C=O) groups excluding carboxylic acids is 1. The number of halogens is 1. The predicted octanol–water partition coefficient (Wildman–Crippen LogP) is 2.52. The van der Waals surface area contributed by atoms with E-state index in [-0.39, 0.29) is 29.8 Å². The summed E-state index contributed by atoms with van der Waals surface area (Å²) in [5, 5.41) is 0. The van der Waals surface area contributed by atoms with Gasteiger partial charge in [-0.25, -0.2) is 17.5 Å². The van der Waals surface area contributed by atoms with Crippen molar-refractivity contribution in [3.8, 4) is 0 Å². The number of aryl methyl sites for hydroxylation is 1. The molecule has 1 aromatic heterocycles. The number of rotatable bonds is 7. The van der Waals surface area contributed by atoms with Crippen LogP contribution in [-0.4, -0.2) is 32.3 Å². The van der Waals surface area contributed by atoms with Crippen molar-refractivity contribution >= 4 is 27.3 Å². The molecule has 0 unspecified atom stereocenters. The largest absolute Gasteiger partial charge is 0.337 e. The first-order chi connectivity index (χ1) is 11.3. The highest BCUT2D eigenvalue weighted by Gasteiger charge is 2.17. The van der Waals surface area contributed by atoms with Crippen LogP contribution >= 0.6 is 11.3 Å². The van der Waals surface area contributed by atoms with E-state index in [9.17, 15) is 17.6 Å². The van der Waals surface area contributed by atoms with E-state index in [0.717, 1.165) is 4.88 Å². The molecule has 0 bridgehead atoms. The van der Waals surface area contributed by atoms with Gasteiger partial charge in [0.2, 0.25) is 15.9 Å². The van der Waals surface area contributed by atoms with Gasteiger partial charge in [0.1, 0.15) is 10.0 Å². The highest BCUT2D eigenvalue weighted by Crippen LogP contribution is 2.20. The summed E-state index contributed by atoms with van der Waals surface area (Å²) < 4.78 is 40.7. The molecule has 0 spiro atoms. The first-order valence-electron chi connectivity index (χ1n) is 7.34. The van der Waals surface area contributed by atoms with Crippen LogP contribution in [0.1, 0.15) is 17.4 Å². The molecule has 0 fully saturated rings. The van der Waals surface area contributed by atoms with Crippen LogP contribution in [0.2, 0.25) is 0 Å². The number of amides is 1. The Labute approximate surface area is 145 Å². The number of carbonyl (C=O) groups is 1. The Kier molecular flexibility index (Phi) is 6.09. The fourth-order valence-electron chi connectivity index (χ4n) is 2.12. The number of sulfonamides is 1. The molecular weight excluding hydrogens is 351 g/mol. The molecule has 2 aromatic rings. The SMILES string of the molecule is CC(=O)N(CCNS(=O)(=O)c1ccc(C)s1)Cc1ccccc1F. The second-order valence-electron chi connectivity index (χ2n) is 5.29. The molecule has 0 atom stereocenters. The molecule has 0 aliphatic carbocycles. The summed E-state index contributed by atoms with van der Waals surface area (Å²) in [6, 6.07) is 9.48. The van der Waals surface area contributed by atoms with E-state index >= 15 is 0 Å². The third-order valence-electron chi connectivity index (χ3n) is 3.42. The highest BCUT2D eigenvalue weighted by molar-refractivity contribution is 7.91. The van der Waals surface area contributed by atoms with E-state index < -0.39 is 15.8 Å². The van der Waals surface area contributed by atoms with Gasteiger partial charge in [-0.1, -0.05) is 18.2 Å². The van der Waals surface area contributed by atoms with Crippen molar-refractivity contribution in [2.75, 3.05) is 13.1 Å². The molecule has 2 rings (SSSR count). The number of thiophene rings is 1. The van der Waals surface area contributed by atoms with Crippen molar-refractivity contribution in [2.24, 2.45) is 0 Å². The lowest BCUT2D eigenvalue weighted by Gasteiger charge is -2.21. The molecule has 0 saturated carbocycles. The van der Waals surface area contributed by atoms with Crippen LogP contribution in [0.3, 0.4) is 0 Å². The van der Waals surface area contributed by atoms with E-state index in [0.29, 0.717) is 5.56 Å². The molecule has 1 N–H and O–H groups in total. The maximum absolute atomic E-state index is 13.7. The van der Waals surface area contributed by atoms with Crippen molar-refractivity contribution in [1.82, 2.24) is 9.62 Å². The van der Waals surface area contributed by atoms with Crippen molar-refractivity contribution in [3.05, 3.63) is 52.7 Å². The third kappa shape index (κ3) is 4.86. The third-order valence-corrected chi connectivity index (χ3v) is 6.37. The average molecular weight is 370 g/mol. The molecule has 0 saturated heterocycles. The summed E-state index contributed by atoms with van der Waals surface area (Å²) in [6.45, 7) is 3.52. The van der Waals surface area contributed by atoms with Crippen LogP contribution in [-0.2, 0) is 21.4 Å². The maximum atomic E-state index is 13.7. The minimum absolute atomic E-state index is 0.0628. The number of nitrogens with one attached hydrogen (secondary N) is 1. The lowest BCUT2D eigenvalue weighted by atomic mass is 10.2. The number of nitrogens with zero attached hydrogens (tertiary/aromatic N) is 1. The fourth-order valence-corrected chi connectivity index (χ4v) is 4.47. The Bertz CT molecular complexity index is 818. The van der Waals surface area contributed by atoms with E-state index in [4.69, 9.17) is 0 Å². The molecule has 24 heavy (non-hydrogen) atoms. The van der Waals surface area contributed by atoms with Crippen LogP contribution in [0.15, 0.2) is 40.6 Å². The number of hydrogen-bond donors (Lipinski definition) is 1. The van der Waals surface area contributed by atoms with Gasteiger partial charge in [0, 0.05) is 37.0 Å². The Morgan fingerprint density at radius 2 is 1.96 bits per heavy atom. The van der Waals surface area contributed by atoms with Gasteiger partial charge in [-0.05, 0) is 25.1 Å². The average Bonchev–Trinajstić information content (AvgIpc) is 2.95. The summed E-state index contributed by atoms with van der Waals surface area (Å²) in [5.41, 5.74) is 0.393. The molecule has 1 heterocycles. The standard InChI is InChI=1S/C16H19FN2O3S2/c1-12-7-8-16(23-12)24(21,22)18-9-10-19(13(2)20)11-14-5-3-4-6-15(14)17/h3-8,18H,9-11H2,1-2H3. The molecule has 1 amide bonds. The lowest BCUT2D eigenvalue weighted by molar-refractivity contribution is -0.129. The maximum Gasteiger partial charge on any atom is 0.250 e. The van der Waals surface area contributed by atoms with Crippen molar-refractivity contribution in [3.63, 3.8) is 0 Å². The van der Waals surface area contributed by atoms with Crippen LogP contribution in [0, 0.1) is 12.7 Å². The number of benzene rings is 1. The Morgan fingerprint density at radius 1 is 1.25 bits per heavy atom. The molecule has 130 valence electrons. The van der Waals surface area contributed by atoms with E-state index in [2.05, 4.69) is 4.72 Å². The second-order valence-corrected chi connectivity index (χ2v) is 8.58. The quantitative estimate of drug-likeness (QED) is 0.814. The van der Waals surface area contributed by atoms with Crippen LogP contribution in [0.4, 0.5) is 4.39 Å². The zero-order valence-corrected chi connectivity index (χ0v) is 15.1. The van der Waals surface area contributed by atoms with Gasteiger partial charge in [-0.15, -0.1) is 11.3 Å². The first-order valence-corrected chi connectivity index (χ1v) is 9.64.